The molecule has 1 amide bonds. The quantitative estimate of drug-likeness (QED) is 0.637. The van der Waals surface area contributed by atoms with E-state index in [1.807, 2.05) is 42.7 Å². The first-order chi connectivity index (χ1) is 14.9. The van der Waals surface area contributed by atoms with Gasteiger partial charge >= 0.3 is 0 Å². The molecule has 3 aromatic rings. The summed E-state index contributed by atoms with van der Waals surface area (Å²) in [6, 6.07) is 14.2. The summed E-state index contributed by atoms with van der Waals surface area (Å²) in [5.74, 6) is 0.276. The molecular weight excluding hydrogens is 414 g/mol. The van der Waals surface area contributed by atoms with Crippen molar-refractivity contribution in [2.75, 3.05) is 6.54 Å². The fraction of sp³-hybridized carbons (Fsp3) is 0.318. The Hall–Kier alpha value is -3.04. The van der Waals surface area contributed by atoms with Gasteiger partial charge in [-0.2, -0.15) is 4.31 Å². The van der Waals surface area contributed by atoms with Gasteiger partial charge in [0, 0.05) is 24.7 Å². The molecule has 0 aliphatic carbocycles. The van der Waals surface area contributed by atoms with Crippen LogP contribution < -0.4 is 5.32 Å². The van der Waals surface area contributed by atoms with Crippen LogP contribution in [0.15, 0.2) is 59.8 Å². The van der Waals surface area contributed by atoms with Gasteiger partial charge < -0.3 is 9.88 Å². The maximum absolute atomic E-state index is 13.2. The molecule has 1 aliphatic rings. The number of fused-ring (bicyclic) bond motifs is 1. The smallest absolute Gasteiger partial charge is 0.251 e. The maximum Gasteiger partial charge on any atom is 0.251 e. The molecule has 1 N–H and O–H groups in total. The molecule has 31 heavy (non-hydrogen) atoms. The number of hydrogen-bond acceptors (Lipinski definition) is 5. The van der Waals surface area contributed by atoms with Crippen LogP contribution in [-0.4, -0.2) is 39.9 Å². The van der Waals surface area contributed by atoms with Crippen molar-refractivity contribution < 1.29 is 13.2 Å². The van der Waals surface area contributed by atoms with E-state index in [-0.39, 0.29) is 29.0 Å². The second-order valence-electron chi connectivity index (χ2n) is 7.82. The first-order valence-corrected chi connectivity index (χ1v) is 11.6. The van der Waals surface area contributed by atoms with E-state index >= 15 is 0 Å². The molecule has 9 heteroatoms. The predicted octanol–water partition coefficient (Wildman–Crippen LogP) is 2.54. The molecule has 1 aromatic heterocycles. The Kier molecular flexibility index (Phi) is 5.88. The molecule has 0 fully saturated rings. The van der Waals surface area contributed by atoms with E-state index < -0.39 is 10.0 Å². The summed E-state index contributed by atoms with van der Waals surface area (Å²) in [5.41, 5.74) is 2.48. The van der Waals surface area contributed by atoms with Crippen LogP contribution in [-0.2, 0) is 29.5 Å². The largest absolute Gasteiger partial charge is 0.345 e. The van der Waals surface area contributed by atoms with Gasteiger partial charge in [-0.1, -0.05) is 30.3 Å². The van der Waals surface area contributed by atoms with Crippen molar-refractivity contribution >= 4 is 15.9 Å². The molecular formula is C22H25N5O3S. The minimum Gasteiger partial charge on any atom is -0.345 e. The van der Waals surface area contributed by atoms with Crippen LogP contribution in [0.1, 0.15) is 47.2 Å². The van der Waals surface area contributed by atoms with Crippen LogP contribution in [0.5, 0.6) is 0 Å². The van der Waals surface area contributed by atoms with E-state index in [1.54, 1.807) is 18.5 Å². The molecule has 0 spiro atoms. The number of sulfonamides is 1. The van der Waals surface area contributed by atoms with Gasteiger partial charge in [0.1, 0.15) is 6.33 Å². The minimum absolute atomic E-state index is 0.116. The van der Waals surface area contributed by atoms with Crippen molar-refractivity contribution in [3.05, 3.63) is 77.4 Å². The third-order valence-electron chi connectivity index (χ3n) is 5.44. The van der Waals surface area contributed by atoms with Gasteiger partial charge in [-0.15, -0.1) is 10.2 Å². The van der Waals surface area contributed by atoms with E-state index in [0.29, 0.717) is 25.3 Å². The molecule has 0 unspecified atom stereocenters. The van der Waals surface area contributed by atoms with Crippen molar-refractivity contribution in [1.82, 2.24) is 24.4 Å². The van der Waals surface area contributed by atoms with Gasteiger partial charge in [-0.25, -0.2) is 8.42 Å². The summed E-state index contributed by atoms with van der Waals surface area (Å²) in [5, 5.41) is 10.7. The number of carbonyl (C=O) groups excluding carboxylic acids is 1. The average Bonchev–Trinajstić information content (AvgIpc) is 3.26. The molecule has 0 saturated heterocycles. The van der Waals surface area contributed by atoms with Gasteiger partial charge in [0.15, 0.2) is 5.82 Å². The van der Waals surface area contributed by atoms with Gasteiger partial charge in [-0.3, -0.25) is 4.79 Å². The van der Waals surface area contributed by atoms with Crippen molar-refractivity contribution in [1.29, 1.82) is 0 Å². The van der Waals surface area contributed by atoms with Gasteiger partial charge in [-0.05, 0) is 49.6 Å². The minimum atomic E-state index is -3.71. The van der Waals surface area contributed by atoms with E-state index in [9.17, 15) is 13.2 Å². The van der Waals surface area contributed by atoms with Crippen LogP contribution >= 0.6 is 0 Å². The van der Waals surface area contributed by atoms with Crippen molar-refractivity contribution in [3.8, 4) is 0 Å². The fourth-order valence-electron chi connectivity index (χ4n) is 3.71. The lowest BCUT2D eigenvalue weighted by Crippen LogP contribution is -2.36. The molecule has 2 aromatic carbocycles. The lowest BCUT2D eigenvalue weighted by Gasteiger charge is -2.28. The maximum atomic E-state index is 13.2. The molecule has 0 saturated carbocycles. The number of rotatable bonds is 6. The molecule has 1 aliphatic heterocycles. The van der Waals surface area contributed by atoms with Gasteiger partial charge in [0.05, 0.1) is 11.4 Å². The Morgan fingerprint density at radius 2 is 1.90 bits per heavy atom. The zero-order chi connectivity index (χ0) is 22.0. The van der Waals surface area contributed by atoms with Crippen LogP contribution in [0, 0.1) is 0 Å². The van der Waals surface area contributed by atoms with Gasteiger partial charge in [0.2, 0.25) is 10.0 Å². The Morgan fingerprint density at radius 1 is 1.13 bits per heavy atom. The Labute approximate surface area is 182 Å². The highest BCUT2D eigenvalue weighted by molar-refractivity contribution is 7.89. The van der Waals surface area contributed by atoms with Crippen LogP contribution in [0.4, 0.5) is 0 Å². The van der Waals surface area contributed by atoms with E-state index in [0.717, 1.165) is 5.56 Å². The first kappa shape index (κ1) is 21.2. The Morgan fingerprint density at radius 3 is 2.68 bits per heavy atom. The topological polar surface area (TPSA) is 97.2 Å². The number of amides is 1. The number of carbonyl (C=O) groups is 1. The molecule has 4 rings (SSSR count). The van der Waals surface area contributed by atoms with E-state index in [1.165, 1.54) is 22.0 Å². The molecule has 0 atom stereocenters. The second kappa shape index (κ2) is 8.60. The fourth-order valence-corrected chi connectivity index (χ4v) is 5.17. The second-order valence-corrected chi connectivity index (χ2v) is 9.75. The molecule has 162 valence electrons. The standard InChI is InChI=1S/C22H25N5O3S/c1-16(2)27-15-24-25-21(27)13-23-22(28)18-8-5-9-20(12-18)31(29,30)26-11-10-17-6-3-4-7-19(17)14-26/h3-9,12,15-16H,10-11,13-14H2,1-2H3,(H,23,28). The summed E-state index contributed by atoms with van der Waals surface area (Å²) in [6.07, 6.45) is 2.29. The number of aromatic nitrogens is 3. The third kappa shape index (κ3) is 4.38. The van der Waals surface area contributed by atoms with Crippen molar-refractivity contribution in [3.63, 3.8) is 0 Å². The monoisotopic (exact) mass is 439 g/mol. The normalized spacial score (nSPS) is 14.4. The van der Waals surface area contributed by atoms with Gasteiger partial charge in [0.25, 0.3) is 5.91 Å². The van der Waals surface area contributed by atoms with Crippen molar-refractivity contribution in [2.45, 2.75) is 44.3 Å². The molecule has 2 heterocycles. The summed E-state index contributed by atoms with van der Waals surface area (Å²) >= 11 is 0. The van der Waals surface area contributed by atoms with Crippen molar-refractivity contribution in [2.24, 2.45) is 0 Å². The number of nitrogens with one attached hydrogen (secondary N) is 1. The highest BCUT2D eigenvalue weighted by atomic mass is 32.2. The van der Waals surface area contributed by atoms with Crippen LogP contribution in [0.3, 0.4) is 0 Å². The molecule has 0 bridgehead atoms. The Balaban J connectivity index is 1.50. The number of nitrogens with zero attached hydrogens (tertiary/aromatic N) is 4. The van der Waals surface area contributed by atoms with Crippen LogP contribution in [0.25, 0.3) is 0 Å². The molecule has 0 radical (unpaired) electrons. The number of benzene rings is 2. The lowest BCUT2D eigenvalue weighted by atomic mass is 10.0. The zero-order valence-electron chi connectivity index (χ0n) is 17.5. The average molecular weight is 440 g/mol. The summed E-state index contributed by atoms with van der Waals surface area (Å²) in [6.45, 7) is 4.96. The summed E-state index contributed by atoms with van der Waals surface area (Å²) in [4.78, 5) is 12.8. The third-order valence-corrected chi connectivity index (χ3v) is 7.28. The van der Waals surface area contributed by atoms with Crippen LogP contribution in [0.2, 0.25) is 0 Å². The summed E-state index contributed by atoms with van der Waals surface area (Å²) < 4.78 is 29.8. The summed E-state index contributed by atoms with van der Waals surface area (Å²) in [7, 11) is -3.71. The zero-order valence-corrected chi connectivity index (χ0v) is 18.3. The Bertz CT molecular complexity index is 1200. The lowest BCUT2D eigenvalue weighted by molar-refractivity contribution is 0.0949. The molecule has 8 nitrogen and oxygen atoms in total. The SMILES string of the molecule is CC(C)n1cnnc1CNC(=O)c1cccc(S(=O)(=O)N2CCc3ccccc3C2)c1. The van der Waals surface area contributed by atoms with E-state index in [2.05, 4.69) is 15.5 Å². The first-order valence-electron chi connectivity index (χ1n) is 10.2. The predicted molar refractivity (Wildman–Crippen MR) is 116 cm³/mol. The highest BCUT2D eigenvalue weighted by Crippen LogP contribution is 2.25. The van der Waals surface area contributed by atoms with E-state index in [4.69, 9.17) is 0 Å². The highest BCUT2D eigenvalue weighted by Gasteiger charge is 2.28. The number of hydrogen-bond donors (Lipinski definition) is 1.